The van der Waals surface area contributed by atoms with E-state index in [1.807, 2.05) is 26.8 Å². The van der Waals surface area contributed by atoms with Gasteiger partial charge in [-0.2, -0.15) is 0 Å². The first kappa shape index (κ1) is 21.4. The van der Waals surface area contributed by atoms with Crippen LogP contribution in [0.2, 0.25) is 0 Å². The van der Waals surface area contributed by atoms with Crippen LogP contribution in [0.4, 0.5) is 0 Å². The zero-order chi connectivity index (χ0) is 21.3. The van der Waals surface area contributed by atoms with E-state index in [4.69, 9.17) is 14.2 Å². The van der Waals surface area contributed by atoms with E-state index in [1.54, 1.807) is 25.3 Å². The van der Waals surface area contributed by atoms with Gasteiger partial charge in [0.15, 0.2) is 11.5 Å². The molecule has 0 saturated carbocycles. The van der Waals surface area contributed by atoms with Crippen molar-refractivity contribution in [3.05, 3.63) is 57.1 Å². The smallest absolute Gasteiger partial charge is 0.342 e. The molecule has 5 nitrogen and oxygen atoms in total. The Morgan fingerprint density at radius 2 is 2.10 bits per heavy atom. The number of esters is 1. The molecule has 2 aromatic carbocycles. The predicted molar refractivity (Wildman–Crippen MR) is 116 cm³/mol. The van der Waals surface area contributed by atoms with Gasteiger partial charge < -0.3 is 19.3 Å². The molecule has 0 spiro atoms. The van der Waals surface area contributed by atoms with Crippen LogP contribution in [0.25, 0.3) is 6.08 Å². The standard InChI is InChI=1S/C23H25BrO5/c1-6-14-15(17(25)9-12(2)3)7-8-18-20(14)23(26)28-11-16-21(24)13(4)10-19(27-5)22(16)29-18/h6-8,10,12,17,25H,1,9,11H2,2-5H3. The highest BCUT2D eigenvalue weighted by Gasteiger charge is 2.29. The minimum absolute atomic E-state index is 0.0294. The van der Waals surface area contributed by atoms with Crippen molar-refractivity contribution >= 4 is 28.0 Å². The second-order valence-corrected chi connectivity index (χ2v) is 8.28. The van der Waals surface area contributed by atoms with Gasteiger partial charge >= 0.3 is 5.97 Å². The highest BCUT2D eigenvalue weighted by molar-refractivity contribution is 9.10. The number of rotatable bonds is 5. The summed E-state index contributed by atoms with van der Waals surface area (Å²) < 4.78 is 18.1. The Labute approximate surface area is 179 Å². The number of aliphatic hydroxyl groups excluding tert-OH is 1. The Morgan fingerprint density at radius 1 is 1.38 bits per heavy atom. The van der Waals surface area contributed by atoms with Crippen molar-refractivity contribution in [1.82, 2.24) is 0 Å². The number of carbonyl (C=O) groups is 1. The van der Waals surface area contributed by atoms with Crippen LogP contribution in [0.5, 0.6) is 17.2 Å². The van der Waals surface area contributed by atoms with Crippen LogP contribution in [0.3, 0.4) is 0 Å². The van der Waals surface area contributed by atoms with Gasteiger partial charge in [-0.1, -0.05) is 32.6 Å². The molecule has 0 aliphatic carbocycles. The summed E-state index contributed by atoms with van der Waals surface area (Å²) >= 11 is 3.55. The fourth-order valence-electron chi connectivity index (χ4n) is 3.52. The maximum atomic E-state index is 12.9. The third-order valence-electron chi connectivity index (χ3n) is 4.94. The highest BCUT2D eigenvalue weighted by Crippen LogP contribution is 2.45. The van der Waals surface area contributed by atoms with Gasteiger partial charge in [-0.3, -0.25) is 0 Å². The molecule has 0 fully saturated rings. The Kier molecular flexibility index (Phi) is 6.34. The summed E-state index contributed by atoms with van der Waals surface area (Å²) in [7, 11) is 1.57. The van der Waals surface area contributed by atoms with Crippen LogP contribution in [0.1, 0.15) is 59.0 Å². The second-order valence-electron chi connectivity index (χ2n) is 7.49. The number of hydrogen-bond donors (Lipinski definition) is 1. The molecule has 6 heteroatoms. The van der Waals surface area contributed by atoms with Gasteiger partial charge in [0, 0.05) is 4.47 Å². The number of methoxy groups -OCH3 is 1. The lowest BCUT2D eigenvalue weighted by Crippen LogP contribution is -2.16. The molecule has 1 atom stereocenters. The first-order chi connectivity index (χ1) is 13.8. The maximum Gasteiger partial charge on any atom is 0.342 e. The van der Waals surface area contributed by atoms with E-state index in [2.05, 4.69) is 22.5 Å². The fourth-order valence-corrected chi connectivity index (χ4v) is 3.93. The minimum Gasteiger partial charge on any atom is -0.493 e. The fraction of sp³-hybridized carbons (Fsp3) is 0.348. The molecule has 1 aliphatic heterocycles. The van der Waals surface area contributed by atoms with Crippen LogP contribution >= 0.6 is 15.9 Å². The molecule has 2 aromatic rings. The number of hydrogen-bond acceptors (Lipinski definition) is 5. The van der Waals surface area contributed by atoms with Crippen molar-refractivity contribution in [3.63, 3.8) is 0 Å². The largest absolute Gasteiger partial charge is 0.493 e. The summed E-state index contributed by atoms with van der Waals surface area (Å²) in [5.41, 5.74) is 3.05. The molecular formula is C23H25BrO5. The lowest BCUT2D eigenvalue weighted by molar-refractivity contribution is 0.0457. The number of aliphatic hydroxyl groups is 1. The molecule has 154 valence electrons. The van der Waals surface area contributed by atoms with Gasteiger partial charge in [-0.25, -0.2) is 4.79 Å². The summed E-state index contributed by atoms with van der Waals surface area (Å²) in [5, 5.41) is 10.7. The van der Waals surface area contributed by atoms with Crippen LogP contribution in [0, 0.1) is 12.8 Å². The molecule has 1 unspecified atom stereocenters. The third-order valence-corrected chi connectivity index (χ3v) is 6.04. The molecule has 29 heavy (non-hydrogen) atoms. The second kappa shape index (κ2) is 8.59. The summed E-state index contributed by atoms with van der Waals surface area (Å²) in [6.07, 6.45) is 1.41. The van der Waals surface area contributed by atoms with Crippen LogP contribution in [0.15, 0.2) is 29.3 Å². The Balaban J connectivity index is 2.19. The van der Waals surface area contributed by atoms with Gasteiger partial charge in [0.1, 0.15) is 17.9 Å². The molecular weight excluding hydrogens is 436 g/mol. The number of benzene rings is 2. The van der Waals surface area contributed by atoms with Gasteiger partial charge in [-0.15, -0.1) is 0 Å². The van der Waals surface area contributed by atoms with E-state index in [-0.39, 0.29) is 12.2 Å². The highest BCUT2D eigenvalue weighted by atomic mass is 79.9. The van der Waals surface area contributed by atoms with Crippen molar-refractivity contribution in [3.8, 4) is 17.2 Å². The Hall–Kier alpha value is -2.31. The Morgan fingerprint density at radius 3 is 2.72 bits per heavy atom. The SMILES string of the molecule is C=Cc1c(C(O)CC(C)C)ccc2c1C(=O)OCc1c(Br)c(C)cc(OC)c1O2. The molecule has 1 heterocycles. The average Bonchev–Trinajstić information content (AvgIpc) is 2.67. The van der Waals surface area contributed by atoms with E-state index in [9.17, 15) is 9.90 Å². The molecule has 0 aromatic heterocycles. The summed E-state index contributed by atoms with van der Waals surface area (Å²) in [4.78, 5) is 12.9. The Bertz CT molecular complexity index is 964. The van der Waals surface area contributed by atoms with Gasteiger partial charge in [0.2, 0.25) is 0 Å². The van der Waals surface area contributed by atoms with Crippen molar-refractivity contribution in [2.75, 3.05) is 7.11 Å². The molecule has 0 saturated heterocycles. The van der Waals surface area contributed by atoms with Gasteiger partial charge in [0.05, 0.1) is 18.8 Å². The number of halogens is 1. The lowest BCUT2D eigenvalue weighted by Gasteiger charge is -2.24. The van der Waals surface area contributed by atoms with Crippen molar-refractivity contribution in [1.29, 1.82) is 0 Å². The summed E-state index contributed by atoms with van der Waals surface area (Å²) in [6, 6.07) is 5.32. The topological polar surface area (TPSA) is 65.0 Å². The summed E-state index contributed by atoms with van der Waals surface area (Å²) in [6.45, 7) is 9.87. The molecule has 0 bridgehead atoms. The summed E-state index contributed by atoms with van der Waals surface area (Å²) in [5.74, 6) is 1.15. The van der Waals surface area contributed by atoms with Crippen LogP contribution in [-0.2, 0) is 11.3 Å². The molecule has 1 aliphatic rings. The first-order valence-corrected chi connectivity index (χ1v) is 10.3. The maximum absolute atomic E-state index is 12.9. The van der Waals surface area contributed by atoms with E-state index in [0.717, 1.165) is 10.0 Å². The van der Waals surface area contributed by atoms with E-state index < -0.39 is 12.1 Å². The third kappa shape index (κ3) is 4.05. The minimum atomic E-state index is -0.717. The molecule has 0 radical (unpaired) electrons. The van der Waals surface area contributed by atoms with Crippen molar-refractivity contribution in [2.45, 2.75) is 39.9 Å². The molecule has 0 amide bonds. The van der Waals surface area contributed by atoms with Gasteiger partial charge in [-0.05, 0) is 64.0 Å². The lowest BCUT2D eigenvalue weighted by atomic mass is 9.92. The van der Waals surface area contributed by atoms with Crippen LogP contribution in [-0.4, -0.2) is 18.2 Å². The molecule has 1 N–H and O–H groups in total. The van der Waals surface area contributed by atoms with Gasteiger partial charge in [0.25, 0.3) is 0 Å². The van der Waals surface area contributed by atoms with Crippen molar-refractivity contribution in [2.24, 2.45) is 5.92 Å². The van der Waals surface area contributed by atoms with Crippen LogP contribution < -0.4 is 9.47 Å². The predicted octanol–water partition coefficient (Wildman–Crippen LogP) is 5.95. The number of cyclic esters (lactones) is 1. The normalized spacial score (nSPS) is 14.1. The quantitative estimate of drug-likeness (QED) is 0.558. The first-order valence-electron chi connectivity index (χ1n) is 9.46. The number of aryl methyl sites for hydroxylation is 1. The van der Waals surface area contributed by atoms with Crippen molar-refractivity contribution < 1.29 is 24.1 Å². The number of fused-ring (bicyclic) bond motifs is 2. The zero-order valence-corrected chi connectivity index (χ0v) is 18.6. The van der Waals surface area contributed by atoms with E-state index >= 15 is 0 Å². The average molecular weight is 461 g/mol. The van der Waals surface area contributed by atoms with E-state index in [1.165, 1.54) is 0 Å². The molecule has 3 rings (SSSR count). The zero-order valence-electron chi connectivity index (χ0n) is 17.0. The van der Waals surface area contributed by atoms with E-state index in [0.29, 0.717) is 46.3 Å². The number of carbonyl (C=O) groups excluding carboxylic acids is 1. The monoisotopic (exact) mass is 460 g/mol. The number of ether oxygens (including phenoxy) is 3.